The predicted molar refractivity (Wildman–Crippen MR) is 142 cm³/mol. The molecular formula is C28H24N2O6S. The molecule has 5 rings (SSSR count). The van der Waals surface area contributed by atoms with E-state index in [1.54, 1.807) is 68.8 Å². The van der Waals surface area contributed by atoms with E-state index >= 15 is 0 Å². The number of anilines is 1. The number of amides is 1. The van der Waals surface area contributed by atoms with Crippen LogP contribution in [-0.2, 0) is 9.59 Å². The lowest BCUT2D eigenvalue weighted by atomic mass is 9.94. The van der Waals surface area contributed by atoms with E-state index in [0.717, 1.165) is 10.3 Å². The molecule has 1 aliphatic heterocycles. The van der Waals surface area contributed by atoms with E-state index < -0.39 is 17.7 Å². The van der Waals surface area contributed by atoms with Crippen LogP contribution in [0, 0.1) is 6.92 Å². The largest absolute Gasteiger partial charge is 0.507 e. The molecule has 188 valence electrons. The molecule has 1 N–H and O–H groups in total. The Hall–Kier alpha value is -4.37. The second-order valence-corrected chi connectivity index (χ2v) is 9.43. The first-order chi connectivity index (χ1) is 17.9. The standard InChI is InChI=1S/C28H24N2O6S/c1-15-13-16(9-12-20(15)35-3)25(31)23-24(18-7-5-6-8-21(18)36-4)30(27(33)26(23)32)28-29-19-11-10-17(34-2)14-22(19)37-28/h5-14,24,31H,1-4H3/t24-/m0/s1. The van der Waals surface area contributed by atoms with Crippen LogP contribution in [-0.4, -0.2) is 43.1 Å². The molecule has 1 aromatic heterocycles. The Labute approximate surface area is 217 Å². The molecule has 3 aromatic carbocycles. The first kappa shape index (κ1) is 24.3. The fraction of sp³-hybridized carbons (Fsp3) is 0.179. The molecule has 0 saturated carbocycles. The van der Waals surface area contributed by atoms with E-state index in [-0.39, 0.29) is 11.3 Å². The fourth-order valence-corrected chi connectivity index (χ4v) is 5.54. The maximum Gasteiger partial charge on any atom is 0.301 e. The van der Waals surface area contributed by atoms with Crippen molar-refractivity contribution in [3.8, 4) is 17.2 Å². The zero-order valence-electron chi connectivity index (χ0n) is 20.6. The number of aliphatic hydroxyl groups is 1. The number of hydrogen-bond acceptors (Lipinski definition) is 8. The van der Waals surface area contributed by atoms with Gasteiger partial charge in [0.15, 0.2) is 5.13 Å². The number of rotatable bonds is 6. The SMILES string of the molecule is COc1ccc2nc(N3C(=O)C(=O)C(=C(O)c4ccc(OC)c(C)c4)[C@@H]3c3ccccc3OC)sc2c1. The minimum absolute atomic E-state index is 0.0455. The number of hydrogen-bond donors (Lipinski definition) is 1. The van der Waals surface area contributed by atoms with Gasteiger partial charge in [-0.15, -0.1) is 0 Å². The van der Waals surface area contributed by atoms with E-state index in [9.17, 15) is 14.7 Å². The summed E-state index contributed by atoms with van der Waals surface area (Å²) in [7, 11) is 4.65. The molecule has 8 nitrogen and oxygen atoms in total. The summed E-state index contributed by atoms with van der Waals surface area (Å²) in [6, 6.07) is 16.6. The first-order valence-corrected chi connectivity index (χ1v) is 12.2. The van der Waals surface area contributed by atoms with Crippen molar-refractivity contribution in [1.82, 2.24) is 4.98 Å². The summed E-state index contributed by atoms with van der Waals surface area (Å²) in [5, 5.41) is 11.8. The third kappa shape index (κ3) is 4.07. The number of ether oxygens (including phenoxy) is 3. The van der Waals surface area contributed by atoms with Crippen molar-refractivity contribution in [1.29, 1.82) is 0 Å². The van der Waals surface area contributed by atoms with Crippen LogP contribution >= 0.6 is 11.3 Å². The van der Waals surface area contributed by atoms with Crippen LogP contribution in [0.1, 0.15) is 22.7 Å². The smallest absolute Gasteiger partial charge is 0.301 e. The quantitative estimate of drug-likeness (QED) is 0.212. The van der Waals surface area contributed by atoms with Crippen LogP contribution in [0.2, 0.25) is 0 Å². The van der Waals surface area contributed by atoms with Crippen LogP contribution < -0.4 is 19.1 Å². The van der Waals surface area contributed by atoms with Gasteiger partial charge in [-0.1, -0.05) is 29.5 Å². The summed E-state index contributed by atoms with van der Waals surface area (Å²) in [6.07, 6.45) is 0. The number of thiazole rings is 1. The maximum atomic E-state index is 13.5. The molecule has 9 heteroatoms. The van der Waals surface area contributed by atoms with Gasteiger partial charge in [-0.25, -0.2) is 4.98 Å². The molecule has 0 spiro atoms. The summed E-state index contributed by atoms with van der Waals surface area (Å²) < 4.78 is 17.0. The van der Waals surface area contributed by atoms with E-state index in [1.165, 1.54) is 23.3 Å². The number of carbonyl (C=O) groups is 2. The lowest BCUT2D eigenvalue weighted by Crippen LogP contribution is -2.29. The number of methoxy groups -OCH3 is 3. The summed E-state index contributed by atoms with van der Waals surface area (Å²) in [6.45, 7) is 1.83. The highest BCUT2D eigenvalue weighted by molar-refractivity contribution is 7.22. The number of carbonyl (C=O) groups excluding carboxylic acids is 2. The molecule has 4 aromatic rings. The molecule has 37 heavy (non-hydrogen) atoms. The highest BCUT2D eigenvalue weighted by Gasteiger charge is 2.49. The Morgan fingerprint density at radius 1 is 0.946 bits per heavy atom. The number of aliphatic hydroxyl groups excluding tert-OH is 1. The number of aryl methyl sites for hydroxylation is 1. The van der Waals surface area contributed by atoms with Crippen molar-refractivity contribution in [2.75, 3.05) is 26.2 Å². The molecular weight excluding hydrogens is 492 g/mol. The van der Waals surface area contributed by atoms with Crippen molar-refractivity contribution < 1.29 is 28.9 Å². The van der Waals surface area contributed by atoms with Crippen LogP contribution in [0.4, 0.5) is 5.13 Å². The number of fused-ring (bicyclic) bond motifs is 1. The Kier molecular flexibility index (Phi) is 6.31. The van der Waals surface area contributed by atoms with E-state index in [2.05, 4.69) is 4.98 Å². The van der Waals surface area contributed by atoms with Crippen molar-refractivity contribution in [3.63, 3.8) is 0 Å². The predicted octanol–water partition coefficient (Wildman–Crippen LogP) is 5.26. The minimum Gasteiger partial charge on any atom is -0.507 e. The third-order valence-corrected chi connectivity index (χ3v) is 7.35. The first-order valence-electron chi connectivity index (χ1n) is 11.4. The Balaban J connectivity index is 1.74. The highest BCUT2D eigenvalue weighted by atomic mass is 32.1. The Morgan fingerprint density at radius 2 is 1.70 bits per heavy atom. The van der Waals surface area contributed by atoms with Gasteiger partial charge in [0.25, 0.3) is 5.78 Å². The van der Waals surface area contributed by atoms with Gasteiger partial charge < -0.3 is 19.3 Å². The van der Waals surface area contributed by atoms with Crippen molar-refractivity contribution in [2.45, 2.75) is 13.0 Å². The average Bonchev–Trinajstić information content (AvgIpc) is 3.45. The number of nitrogens with zero attached hydrogens (tertiary/aromatic N) is 2. The summed E-state index contributed by atoms with van der Waals surface area (Å²) >= 11 is 1.26. The molecule has 0 unspecified atom stereocenters. The highest BCUT2D eigenvalue weighted by Crippen LogP contribution is 2.46. The van der Waals surface area contributed by atoms with Gasteiger partial charge in [0.1, 0.15) is 29.0 Å². The number of aromatic nitrogens is 1. The molecule has 1 saturated heterocycles. The number of Topliss-reactive ketones (excluding diaryl/α,β-unsaturated/α-hetero) is 1. The lowest BCUT2D eigenvalue weighted by Gasteiger charge is -2.24. The lowest BCUT2D eigenvalue weighted by molar-refractivity contribution is -0.132. The normalized spacial score (nSPS) is 16.9. The fourth-order valence-electron chi connectivity index (χ4n) is 4.52. The van der Waals surface area contributed by atoms with Gasteiger partial charge in [0.05, 0.1) is 37.1 Å². The Morgan fingerprint density at radius 3 is 2.41 bits per heavy atom. The topological polar surface area (TPSA) is 98.2 Å². The number of benzene rings is 3. The average molecular weight is 517 g/mol. The number of ketones is 1. The maximum absolute atomic E-state index is 13.5. The summed E-state index contributed by atoms with van der Waals surface area (Å²) in [4.78, 5) is 33.0. The van der Waals surface area contributed by atoms with Gasteiger partial charge in [0, 0.05) is 11.1 Å². The van der Waals surface area contributed by atoms with Crippen molar-refractivity contribution in [3.05, 3.63) is 82.9 Å². The zero-order valence-corrected chi connectivity index (χ0v) is 21.5. The van der Waals surface area contributed by atoms with E-state index in [4.69, 9.17) is 14.2 Å². The second kappa shape index (κ2) is 9.59. The van der Waals surface area contributed by atoms with Gasteiger partial charge in [-0.3, -0.25) is 14.5 Å². The van der Waals surface area contributed by atoms with Gasteiger partial charge in [0.2, 0.25) is 0 Å². The molecule has 1 amide bonds. The molecule has 0 radical (unpaired) electrons. The van der Waals surface area contributed by atoms with Crippen LogP contribution in [0.5, 0.6) is 17.2 Å². The molecule has 0 aliphatic carbocycles. The second-order valence-electron chi connectivity index (χ2n) is 8.43. The molecule has 2 heterocycles. The molecule has 1 atom stereocenters. The molecule has 1 aliphatic rings. The van der Waals surface area contributed by atoms with Crippen LogP contribution in [0.25, 0.3) is 16.0 Å². The van der Waals surface area contributed by atoms with Crippen LogP contribution in [0.15, 0.2) is 66.2 Å². The van der Waals surface area contributed by atoms with Gasteiger partial charge in [-0.05, 0) is 55.0 Å². The number of para-hydroxylation sites is 1. The van der Waals surface area contributed by atoms with Crippen molar-refractivity contribution >= 4 is 44.1 Å². The molecule has 0 bridgehead atoms. The van der Waals surface area contributed by atoms with E-state index in [0.29, 0.717) is 39.0 Å². The summed E-state index contributed by atoms with van der Waals surface area (Å²) in [5.74, 6) is -0.110. The minimum atomic E-state index is -0.957. The molecule has 1 fully saturated rings. The van der Waals surface area contributed by atoms with Crippen molar-refractivity contribution in [2.24, 2.45) is 0 Å². The summed E-state index contributed by atoms with van der Waals surface area (Å²) in [5.41, 5.74) is 2.33. The van der Waals surface area contributed by atoms with Crippen LogP contribution in [0.3, 0.4) is 0 Å². The third-order valence-electron chi connectivity index (χ3n) is 6.34. The zero-order chi connectivity index (χ0) is 26.3. The Bertz CT molecular complexity index is 1570. The van der Waals surface area contributed by atoms with E-state index in [1.807, 2.05) is 13.0 Å². The monoisotopic (exact) mass is 516 g/mol. The van der Waals surface area contributed by atoms with Gasteiger partial charge in [-0.2, -0.15) is 0 Å². The van der Waals surface area contributed by atoms with Gasteiger partial charge >= 0.3 is 5.91 Å².